The van der Waals surface area contributed by atoms with Gasteiger partial charge in [-0.25, -0.2) is 0 Å². The van der Waals surface area contributed by atoms with Gasteiger partial charge < -0.3 is 9.84 Å². The molecule has 46 heavy (non-hydrogen) atoms. The van der Waals surface area contributed by atoms with Crippen LogP contribution in [0.2, 0.25) is 0 Å². The van der Waals surface area contributed by atoms with Gasteiger partial charge >= 0.3 is 12.4 Å². The highest BCUT2D eigenvalue weighted by Gasteiger charge is 2.36. The van der Waals surface area contributed by atoms with E-state index < -0.39 is 35.2 Å². The Morgan fingerprint density at radius 3 is 1.93 bits per heavy atom. The van der Waals surface area contributed by atoms with Gasteiger partial charge in [-0.15, -0.1) is 0 Å². The molecule has 4 rings (SSSR count). The van der Waals surface area contributed by atoms with Crippen molar-refractivity contribution in [2.24, 2.45) is 5.92 Å². The van der Waals surface area contributed by atoms with Crippen molar-refractivity contribution < 1.29 is 36.2 Å². The van der Waals surface area contributed by atoms with Gasteiger partial charge in [-0.05, 0) is 110 Å². The van der Waals surface area contributed by atoms with Gasteiger partial charge in [0.15, 0.2) is 5.79 Å². The first kappa shape index (κ1) is 36.0. The van der Waals surface area contributed by atoms with E-state index in [0.29, 0.717) is 25.1 Å². The van der Waals surface area contributed by atoms with Crippen LogP contribution in [-0.4, -0.2) is 35.5 Å². The van der Waals surface area contributed by atoms with E-state index in [0.717, 1.165) is 72.3 Å². The lowest BCUT2D eigenvalue weighted by Gasteiger charge is -2.39. The Labute approximate surface area is 268 Å². The minimum atomic E-state index is -4.45. The van der Waals surface area contributed by atoms with Crippen molar-refractivity contribution in [3.8, 4) is 11.1 Å². The number of hydrogen-bond acceptors (Lipinski definition) is 3. The number of nitrogens with zero attached hydrogens (tertiary/aromatic N) is 1. The Kier molecular flexibility index (Phi) is 11.3. The quantitative estimate of drug-likeness (QED) is 0.166. The maximum absolute atomic E-state index is 13.4. The molecule has 252 valence electrons. The Morgan fingerprint density at radius 2 is 1.41 bits per heavy atom. The third-order valence-corrected chi connectivity index (χ3v) is 9.09. The van der Waals surface area contributed by atoms with E-state index in [-0.39, 0.29) is 17.9 Å². The van der Waals surface area contributed by atoms with Gasteiger partial charge in [0, 0.05) is 25.1 Å². The molecule has 0 radical (unpaired) electrons. The van der Waals surface area contributed by atoms with E-state index in [2.05, 4.69) is 24.8 Å². The highest BCUT2D eigenvalue weighted by atomic mass is 19.4. The summed E-state index contributed by atoms with van der Waals surface area (Å²) in [5.41, 5.74) is 2.70. The molecular weight excluding hydrogens is 604 g/mol. The van der Waals surface area contributed by atoms with Gasteiger partial charge in [0.1, 0.15) is 0 Å². The molecule has 0 amide bonds. The van der Waals surface area contributed by atoms with Gasteiger partial charge in [-0.3, -0.25) is 4.90 Å². The van der Waals surface area contributed by atoms with Crippen molar-refractivity contribution in [2.45, 2.75) is 96.3 Å². The largest absolute Gasteiger partial charge is 0.416 e. The molecule has 0 bridgehead atoms. The summed E-state index contributed by atoms with van der Waals surface area (Å²) in [6, 6.07) is 16.6. The molecule has 1 aliphatic rings. The molecule has 3 aromatic carbocycles. The standard InChI is InChI=1S/C37H45F6NO2/c1-6-34(26-12-16-32(17-13-26)37(41,42)43)44-18-8-9-27(23-44)29-20-28(25-10-14-31(15-11-25)36(38,39)40)21-30(22-29)33(19-24(3)4)35(5,45)46-7-2/h10-17,20-22,24,27,33-34,45H,6-9,18-19,23H2,1-5H3/t27?,33-,34?,35?/m1/s1. The third-order valence-electron chi connectivity index (χ3n) is 9.09. The number of rotatable bonds is 11. The maximum Gasteiger partial charge on any atom is 0.416 e. The molecule has 3 nitrogen and oxygen atoms in total. The van der Waals surface area contributed by atoms with Crippen LogP contribution in [0.25, 0.3) is 11.1 Å². The number of hydrogen-bond donors (Lipinski definition) is 1. The third kappa shape index (κ3) is 8.72. The molecular formula is C37H45F6NO2. The fourth-order valence-corrected chi connectivity index (χ4v) is 6.82. The first-order valence-electron chi connectivity index (χ1n) is 16.1. The van der Waals surface area contributed by atoms with Crippen LogP contribution >= 0.6 is 0 Å². The van der Waals surface area contributed by atoms with Crippen LogP contribution in [-0.2, 0) is 17.1 Å². The molecule has 0 aliphatic carbocycles. The minimum Gasteiger partial charge on any atom is -0.365 e. The number of halogens is 6. The maximum atomic E-state index is 13.4. The summed E-state index contributed by atoms with van der Waals surface area (Å²) >= 11 is 0. The number of likely N-dealkylation sites (tertiary alicyclic amines) is 1. The lowest BCUT2D eigenvalue weighted by atomic mass is 9.80. The molecule has 1 fully saturated rings. The van der Waals surface area contributed by atoms with Gasteiger partial charge in [0.25, 0.3) is 0 Å². The SMILES string of the molecule is CCOC(C)(O)[C@H](CC(C)C)c1cc(-c2ccc(C(F)(F)F)cc2)cc(C2CCCN(C(CC)c3ccc(C(F)(F)F)cc3)C2)c1. The van der Waals surface area contributed by atoms with Crippen molar-refractivity contribution in [1.82, 2.24) is 4.90 Å². The molecule has 9 heteroatoms. The summed E-state index contributed by atoms with van der Waals surface area (Å²) in [5.74, 6) is -1.56. The monoisotopic (exact) mass is 649 g/mol. The zero-order chi connectivity index (χ0) is 33.9. The number of ether oxygens (including phenoxy) is 1. The molecule has 1 saturated heterocycles. The molecule has 0 spiro atoms. The number of alkyl halides is 6. The molecule has 0 saturated carbocycles. The summed E-state index contributed by atoms with van der Waals surface area (Å²) < 4.78 is 85.5. The summed E-state index contributed by atoms with van der Waals surface area (Å²) in [6.45, 7) is 11.4. The smallest absolute Gasteiger partial charge is 0.365 e. The van der Waals surface area contributed by atoms with E-state index in [1.807, 2.05) is 26.0 Å². The summed E-state index contributed by atoms with van der Waals surface area (Å²) in [6.07, 6.45) is -5.72. The fourth-order valence-electron chi connectivity index (χ4n) is 6.82. The molecule has 1 aliphatic heterocycles. The van der Waals surface area contributed by atoms with Crippen LogP contribution in [0.15, 0.2) is 66.7 Å². The van der Waals surface area contributed by atoms with Crippen LogP contribution in [0.4, 0.5) is 26.3 Å². The van der Waals surface area contributed by atoms with Crippen molar-refractivity contribution in [3.63, 3.8) is 0 Å². The minimum absolute atomic E-state index is 0.0602. The fraction of sp³-hybridized carbons (Fsp3) is 0.514. The average Bonchev–Trinajstić information content (AvgIpc) is 2.99. The molecule has 0 aromatic heterocycles. The zero-order valence-corrected chi connectivity index (χ0v) is 27.2. The van der Waals surface area contributed by atoms with Crippen molar-refractivity contribution in [1.29, 1.82) is 0 Å². The highest BCUT2D eigenvalue weighted by molar-refractivity contribution is 5.66. The van der Waals surface area contributed by atoms with Crippen LogP contribution in [0.1, 0.15) is 106 Å². The number of aliphatic hydroxyl groups is 1. The van der Waals surface area contributed by atoms with Crippen LogP contribution in [0, 0.1) is 5.92 Å². The molecule has 3 aromatic rings. The first-order chi connectivity index (χ1) is 21.5. The van der Waals surface area contributed by atoms with Gasteiger partial charge in [-0.1, -0.05) is 63.2 Å². The van der Waals surface area contributed by atoms with Gasteiger partial charge in [-0.2, -0.15) is 26.3 Å². The topological polar surface area (TPSA) is 32.7 Å². The zero-order valence-electron chi connectivity index (χ0n) is 27.2. The average molecular weight is 650 g/mol. The van der Waals surface area contributed by atoms with E-state index in [9.17, 15) is 31.4 Å². The molecule has 3 unspecified atom stereocenters. The van der Waals surface area contributed by atoms with Crippen molar-refractivity contribution in [3.05, 3.63) is 94.5 Å². The van der Waals surface area contributed by atoms with Crippen LogP contribution in [0.5, 0.6) is 0 Å². The second-order valence-corrected chi connectivity index (χ2v) is 13.0. The summed E-state index contributed by atoms with van der Waals surface area (Å²) in [4.78, 5) is 2.32. The second kappa shape index (κ2) is 14.5. The van der Waals surface area contributed by atoms with Gasteiger partial charge in [0.05, 0.1) is 11.1 Å². The Balaban J connectivity index is 1.75. The normalized spacial score (nSPS) is 19.2. The van der Waals surface area contributed by atoms with Crippen molar-refractivity contribution >= 4 is 0 Å². The van der Waals surface area contributed by atoms with Crippen molar-refractivity contribution in [2.75, 3.05) is 19.7 Å². The number of benzene rings is 3. The van der Waals surface area contributed by atoms with E-state index in [1.165, 1.54) is 12.1 Å². The molecule has 4 atom stereocenters. The van der Waals surface area contributed by atoms with E-state index in [4.69, 9.17) is 4.74 Å². The highest BCUT2D eigenvalue weighted by Crippen LogP contribution is 2.42. The number of piperidine rings is 1. The predicted molar refractivity (Wildman–Crippen MR) is 169 cm³/mol. The summed E-state index contributed by atoms with van der Waals surface area (Å²) in [7, 11) is 0. The lowest BCUT2D eigenvalue weighted by molar-refractivity contribution is -0.205. The van der Waals surface area contributed by atoms with E-state index >= 15 is 0 Å². The molecule has 1 heterocycles. The summed E-state index contributed by atoms with van der Waals surface area (Å²) in [5, 5.41) is 11.5. The Hall–Kier alpha value is -2.88. The predicted octanol–water partition coefficient (Wildman–Crippen LogP) is 10.6. The van der Waals surface area contributed by atoms with Gasteiger partial charge in [0.2, 0.25) is 0 Å². The Bertz CT molecular complexity index is 1410. The second-order valence-electron chi connectivity index (χ2n) is 13.0. The molecule has 1 N–H and O–H groups in total. The first-order valence-corrected chi connectivity index (χ1v) is 16.1. The lowest BCUT2D eigenvalue weighted by Crippen LogP contribution is -2.38. The Morgan fingerprint density at radius 1 is 0.826 bits per heavy atom. The van der Waals surface area contributed by atoms with E-state index in [1.54, 1.807) is 19.1 Å². The van der Waals surface area contributed by atoms with Crippen LogP contribution in [0.3, 0.4) is 0 Å². The van der Waals surface area contributed by atoms with Crippen LogP contribution < -0.4 is 0 Å².